The van der Waals surface area contributed by atoms with Crippen molar-refractivity contribution in [1.82, 2.24) is 4.98 Å². The fourth-order valence-corrected chi connectivity index (χ4v) is 3.23. The molecule has 1 aliphatic rings. The standard InChI is InChI=1S/C13H14N2S/c1-9-6-7-14-12-8-15-11-5-3-2-4-10(11)13(12)16-9/h2-5,8-9,14H,6-7H2,1H3. The van der Waals surface area contributed by atoms with E-state index in [1.54, 1.807) is 0 Å². The molecular weight excluding hydrogens is 216 g/mol. The molecule has 0 amide bonds. The number of thioether (sulfide) groups is 1. The number of benzene rings is 1. The molecule has 1 aromatic carbocycles. The zero-order chi connectivity index (χ0) is 11.0. The van der Waals surface area contributed by atoms with Crippen LogP contribution >= 0.6 is 11.8 Å². The molecule has 0 saturated carbocycles. The average molecular weight is 230 g/mol. The Morgan fingerprint density at radius 3 is 3.19 bits per heavy atom. The van der Waals surface area contributed by atoms with Crippen LogP contribution in [0.25, 0.3) is 10.9 Å². The second-order valence-corrected chi connectivity index (χ2v) is 5.61. The van der Waals surface area contributed by atoms with Gasteiger partial charge in [0, 0.05) is 22.1 Å². The molecule has 0 bridgehead atoms. The van der Waals surface area contributed by atoms with E-state index in [4.69, 9.17) is 0 Å². The number of pyridine rings is 1. The van der Waals surface area contributed by atoms with Crippen molar-refractivity contribution in [1.29, 1.82) is 0 Å². The number of fused-ring (bicyclic) bond motifs is 3. The molecule has 0 aliphatic carbocycles. The molecule has 3 heteroatoms. The number of anilines is 1. The van der Waals surface area contributed by atoms with Gasteiger partial charge in [-0.05, 0) is 12.5 Å². The number of para-hydroxylation sites is 1. The fraction of sp³-hybridized carbons (Fsp3) is 0.308. The Hall–Kier alpha value is -1.22. The van der Waals surface area contributed by atoms with E-state index in [1.165, 1.54) is 22.4 Å². The Kier molecular flexibility index (Phi) is 2.48. The number of hydrogen-bond acceptors (Lipinski definition) is 3. The first-order valence-electron chi connectivity index (χ1n) is 5.63. The summed E-state index contributed by atoms with van der Waals surface area (Å²) in [4.78, 5) is 5.84. The number of aromatic nitrogens is 1. The zero-order valence-corrected chi connectivity index (χ0v) is 10.1. The quantitative estimate of drug-likeness (QED) is 0.749. The monoisotopic (exact) mass is 230 g/mol. The van der Waals surface area contributed by atoms with Crippen molar-refractivity contribution in [2.24, 2.45) is 0 Å². The minimum absolute atomic E-state index is 0.666. The van der Waals surface area contributed by atoms with Crippen molar-refractivity contribution < 1.29 is 0 Å². The van der Waals surface area contributed by atoms with Crippen LogP contribution in [-0.4, -0.2) is 16.8 Å². The first-order chi connectivity index (χ1) is 7.84. The molecular formula is C13H14N2S. The van der Waals surface area contributed by atoms with Crippen molar-refractivity contribution >= 4 is 28.4 Å². The predicted molar refractivity (Wildman–Crippen MR) is 70.2 cm³/mol. The topological polar surface area (TPSA) is 24.9 Å². The maximum atomic E-state index is 4.49. The van der Waals surface area contributed by atoms with Gasteiger partial charge in [0.25, 0.3) is 0 Å². The molecule has 0 saturated heterocycles. The van der Waals surface area contributed by atoms with Crippen molar-refractivity contribution in [2.75, 3.05) is 11.9 Å². The van der Waals surface area contributed by atoms with Crippen molar-refractivity contribution in [3.05, 3.63) is 30.5 Å². The van der Waals surface area contributed by atoms with E-state index < -0.39 is 0 Å². The summed E-state index contributed by atoms with van der Waals surface area (Å²) in [5.41, 5.74) is 2.28. The molecule has 2 heterocycles. The van der Waals surface area contributed by atoms with Gasteiger partial charge in [-0.15, -0.1) is 11.8 Å². The van der Waals surface area contributed by atoms with Crippen LogP contribution < -0.4 is 5.32 Å². The molecule has 1 aromatic heterocycles. The molecule has 82 valence electrons. The normalized spacial score (nSPS) is 19.9. The molecule has 2 aromatic rings. The van der Waals surface area contributed by atoms with Crippen LogP contribution in [0.15, 0.2) is 35.4 Å². The highest BCUT2D eigenvalue weighted by molar-refractivity contribution is 8.00. The van der Waals surface area contributed by atoms with Gasteiger partial charge in [0.1, 0.15) is 0 Å². The summed E-state index contributed by atoms with van der Waals surface area (Å²) in [6.07, 6.45) is 3.16. The summed E-state index contributed by atoms with van der Waals surface area (Å²) in [7, 11) is 0. The maximum Gasteiger partial charge on any atom is 0.0714 e. The van der Waals surface area contributed by atoms with Crippen LogP contribution in [0.5, 0.6) is 0 Å². The largest absolute Gasteiger partial charge is 0.383 e. The van der Waals surface area contributed by atoms with E-state index in [0.29, 0.717) is 5.25 Å². The Bertz CT molecular complexity index is 524. The van der Waals surface area contributed by atoms with Crippen molar-refractivity contribution in [2.45, 2.75) is 23.5 Å². The Morgan fingerprint density at radius 1 is 1.38 bits per heavy atom. The summed E-state index contributed by atoms with van der Waals surface area (Å²) in [6.45, 7) is 3.33. The van der Waals surface area contributed by atoms with E-state index in [9.17, 15) is 0 Å². The highest BCUT2D eigenvalue weighted by atomic mass is 32.2. The lowest BCUT2D eigenvalue weighted by molar-refractivity contribution is 0.859. The summed E-state index contributed by atoms with van der Waals surface area (Å²) in [5, 5.41) is 5.40. The van der Waals surface area contributed by atoms with Gasteiger partial charge < -0.3 is 5.32 Å². The highest BCUT2D eigenvalue weighted by Crippen LogP contribution is 2.38. The van der Waals surface area contributed by atoms with Crippen LogP contribution in [0.2, 0.25) is 0 Å². The molecule has 0 spiro atoms. The van der Waals surface area contributed by atoms with E-state index in [0.717, 1.165) is 12.1 Å². The summed E-state index contributed by atoms with van der Waals surface area (Å²) < 4.78 is 0. The molecule has 16 heavy (non-hydrogen) atoms. The van der Waals surface area contributed by atoms with Crippen molar-refractivity contribution in [3.63, 3.8) is 0 Å². The van der Waals surface area contributed by atoms with Gasteiger partial charge in [0.05, 0.1) is 17.4 Å². The maximum absolute atomic E-state index is 4.49. The molecule has 0 fully saturated rings. The first kappa shape index (κ1) is 9.97. The molecule has 1 N–H and O–H groups in total. The molecule has 1 atom stereocenters. The van der Waals surface area contributed by atoms with Gasteiger partial charge in [0.2, 0.25) is 0 Å². The molecule has 0 radical (unpaired) electrons. The second-order valence-electron chi connectivity index (χ2n) is 4.16. The lowest BCUT2D eigenvalue weighted by Crippen LogP contribution is -2.03. The van der Waals surface area contributed by atoms with Gasteiger partial charge in [-0.3, -0.25) is 4.98 Å². The summed E-state index contributed by atoms with van der Waals surface area (Å²) in [5.74, 6) is 0. The average Bonchev–Trinajstić information content (AvgIpc) is 2.50. The van der Waals surface area contributed by atoms with E-state index in [1.807, 2.05) is 24.0 Å². The van der Waals surface area contributed by atoms with Gasteiger partial charge >= 0.3 is 0 Å². The van der Waals surface area contributed by atoms with E-state index in [2.05, 4.69) is 35.4 Å². The van der Waals surface area contributed by atoms with Gasteiger partial charge in [-0.25, -0.2) is 0 Å². The van der Waals surface area contributed by atoms with Gasteiger partial charge in [-0.1, -0.05) is 25.1 Å². The Labute approximate surface area is 99.5 Å². The van der Waals surface area contributed by atoms with Crippen LogP contribution in [-0.2, 0) is 0 Å². The molecule has 2 nitrogen and oxygen atoms in total. The van der Waals surface area contributed by atoms with Crippen LogP contribution in [0.3, 0.4) is 0 Å². The minimum atomic E-state index is 0.666. The summed E-state index contributed by atoms with van der Waals surface area (Å²) in [6, 6.07) is 8.36. The van der Waals surface area contributed by atoms with Crippen LogP contribution in [0.4, 0.5) is 5.69 Å². The molecule has 1 unspecified atom stereocenters. The lowest BCUT2D eigenvalue weighted by atomic mass is 10.2. The van der Waals surface area contributed by atoms with Crippen LogP contribution in [0, 0.1) is 0 Å². The number of nitrogens with zero attached hydrogens (tertiary/aromatic N) is 1. The zero-order valence-electron chi connectivity index (χ0n) is 9.23. The second kappa shape index (κ2) is 3.98. The number of hydrogen-bond donors (Lipinski definition) is 1. The van der Waals surface area contributed by atoms with Gasteiger partial charge in [-0.2, -0.15) is 0 Å². The molecule has 3 rings (SSSR count). The number of nitrogens with one attached hydrogen (secondary N) is 1. The third-order valence-electron chi connectivity index (χ3n) is 2.91. The van der Waals surface area contributed by atoms with Crippen molar-refractivity contribution in [3.8, 4) is 0 Å². The first-order valence-corrected chi connectivity index (χ1v) is 6.51. The third-order valence-corrected chi connectivity index (χ3v) is 4.22. The molecule has 1 aliphatic heterocycles. The Morgan fingerprint density at radius 2 is 2.25 bits per heavy atom. The fourth-order valence-electron chi connectivity index (χ4n) is 2.04. The third kappa shape index (κ3) is 1.65. The predicted octanol–water partition coefficient (Wildman–Crippen LogP) is 3.53. The Balaban J connectivity index is 2.23. The summed E-state index contributed by atoms with van der Waals surface area (Å²) >= 11 is 1.96. The van der Waals surface area contributed by atoms with E-state index in [-0.39, 0.29) is 0 Å². The van der Waals surface area contributed by atoms with Crippen LogP contribution in [0.1, 0.15) is 13.3 Å². The van der Waals surface area contributed by atoms with Gasteiger partial charge in [0.15, 0.2) is 0 Å². The lowest BCUT2D eigenvalue weighted by Gasteiger charge is -2.10. The minimum Gasteiger partial charge on any atom is -0.383 e. The smallest absolute Gasteiger partial charge is 0.0714 e. The SMILES string of the molecule is CC1CCNc2cnc3ccccc3c2S1. The highest BCUT2D eigenvalue weighted by Gasteiger charge is 2.16. The number of rotatable bonds is 0. The van der Waals surface area contributed by atoms with E-state index >= 15 is 0 Å².